The zero-order valence-electron chi connectivity index (χ0n) is 58.9. The van der Waals surface area contributed by atoms with E-state index >= 15 is 0 Å². The van der Waals surface area contributed by atoms with Crippen molar-refractivity contribution < 1.29 is 35.6 Å². The molecule has 0 bridgehead atoms. The molecule has 300 valence electrons. The molecule has 3 aromatic heterocycles. The second-order valence-corrected chi connectivity index (χ2v) is 19.6. The molecule has 0 unspecified atom stereocenters. The molecule has 64 heavy (non-hydrogen) atoms. The quantitative estimate of drug-likeness (QED) is 0.112. The average Bonchev–Trinajstić information content (AvgIpc) is 1.48. The van der Waals surface area contributed by atoms with Crippen molar-refractivity contribution in [1.29, 1.82) is 0 Å². The molecule has 10 aromatic carbocycles. The minimum absolute atomic E-state index is 0.154. The molecule has 0 saturated heterocycles. The standard InChI is InChI=1S/C60H40N2SSi/c1-4-19-41(20-5-1)42-21-18-26-47(39-42)64(44-22-6-2-7-23-44,45-24-8-3-9-25-45)46-37-35-43(36-38-46)61-53-31-14-12-29-50(53)52-40-56(60-58(59(52)61)51-30-13-17-34-57(51)63-60)62-54-32-15-10-27-48(54)49-28-11-16-33-55(49)62/h1-40H/i1D,4D,5D,10D,11D,12D,13D,14D,15D,16D,17D,19D,20D,27D,28D,29D,30D,31D,32D,33D,34D,35D,36D,37D,38D,40D. The Bertz CT molecular complexity index is 5280. The van der Waals surface area contributed by atoms with Crippen LogP contribution in [0.3, 0.4) is 0 Å². The first kappa shape index (κ1) is 19.3. The molecule has 13 rings (SSSR count). The molecule has 0 N–H and O–H groups in total. The van der Waals surface area contributed by atoms with Crippen LogP contribution in [-0.2, 0) is 0 Å². The first-order valence-electron chi connectivity index (χ1n) is 32.9. The molecule has 0 radical (unpaired) electrons. The lowest BCUT2D eigenvalue weighted by Gasteiger charge is -2.35. The van der Waals surface area contributed by atoms with Crippen molar-refractivity contribution in [1.82, 2.24) is 9.13 Å². The molecule has 2 nitrogen and oxygen atoms in total. The summed E-state index contributed by atoms with van der Waals surface area (Å²) in [5.41, 5.74) is -2.99. The van der Waals surface area contributed by atoms with Crippen molar-refractivity contribution in [3.05, 3.63) is 242 Å². The Hall–Kier alpha value is -7.76. The summed E-state index contributed by atoms with van der Waals surface area (Å²) in [4.78, 5) is 0. The normalized spacial score (nSPS) is 17.8. The summed E-state index contributed by atoms with van der Waals surface area (Å²) in [7, 11) is -4.38. The van der Waals surface area contributed by atoms with Crippen LogP contribution in [0.4, 0.5) is 0 Å². The summed E-state index contributed by atoms with van der Waals surface area (Å²) in [5, 5.41) is -1.14. The number of nitrogens with zero attached hydrogens (tertiary/aromatic N) is 2. The van der Waals surface area contributed by atoms with E-state index in [-0.39, 0.29) is 36.5 Å². The lowest BCUT2D eigenvalue weighted by atomic mass is 10.1. The van der Waals surface area contributed by atoms with E-state index in [1.54, 1.807) is 84.9 Å². The van der Waals surface area contributed by atoms with Gasteiger partial charge in [-0.15, -0.1) is 11.3 Å². The molecule has 0 saturated carbocycles. The maximum atomic E-state index is 10.6. The van der Waals surface area contributed by atoms with Gasteiger partial charge in [-0.25, -0.2) is 0 Å². The Morgan fingerprint density at radius 1 is 0.406 bits per heavy atom. The smallest absolute Gasteiger partial charge is 0.179 e. The van der Waals surface area contributed by atoms with Crippen LogP contribution in [0.15, 0.2) is 242 Å². The molecule has 3 heterocycles. The maximum absolute atomic E-state index is 10.6. The van der Waals surface area contributed by atoms with Crippen LogP contribution in [0, 0.1) is 0 Å². The van der Waals surface area contributed by atoms with Gasteiger partial charge in [-0.1, -0.05) is 200 Å². The number of benzene rings is 10. The largest absolute Gasteiger partial charge is 0.309 e. The third-order valence-corrected chi connectivity index (χ3v) is 17.3. The minimum Gasteiger partial charge on any atom is -0.309 e. The lowest BCUT2D eigenvalue weighted by Crippen LogP contribution is -2.74. The van der Waals surface area contributed by atoms with Crippen LogP contribution in [-0.4, -0.2) is 17.2 Å². The Balaban J connectivity index is 1.27. The summed E-state index contributed by atoms with van der Waals surface area (Å²) < 4.78 is 244. The summed E-state index contributed by atoms with van der Waals surface area (Å²) in [6.07, 6.45) is 0. The zero-order valence-corrected chi connectivity index (χ0v) is 34.7. The molecule has 0 atom stereocenters. The van der Waals surface area contributed by atoms with Crippen molar-refractivity contribution >= 4 is 104 Å². The fraction of sp³-hybridized carbons (Fsp3) is 0. The second kappa shape index (κ2) is 14.7. The highest BCUT2D eigenvalue weighted by atomic mass is 32.1. The van der Waals surface area contributed by atoms with Gasteiger partial charge in [0.2, 0.25) is 0 Å². The molecule has 0 spiro atoms. The summed E-state index contributed by atoms with van der Waals surface area (Å²) in [6, 6.07) is 4.77. The van der Waals surface area contributed by atoms with Crippen molar-refractivity contribution in [2.75, 3.05) is 0 Å². The summed E-state index contributed by atoms with van der Waals surface area (Å²) in [5.74, 6) is 0. The Labute approximate surface area is 412 Å². The van der Waals surface area contributed by atoms with Gasteiger partial charge in [-0.05, 0) is 74.2 Å². The number of aromatic nitrogens is 2. The van der Waals surface area contributed by atoms with E-state index in [1.165, 1.54) is 0 Å². The fourth-order valence-corrected chi connectivity index (χ4v) is 14.6. The number of hydrogen-bond acceptors (Lipinski definition) is 1. The molecule has 0 aliphatic rings. The van der Waals surface area contributed by atoms with Crippen molar-refractivity contribution in [3.8, 4) is 22.5 Å². The van der Waals surface area contributed by atoms with Crippen molar-refractivity contribution in [3.63, 3.8) is 0 Å². The van der Waals surface area contributed by atoms with Gasteiger partial charge in [0.15, 0.2) is 8.07 Å². The number of fused-ring (bicyclic) bond motifs is 10. The van der Waals surface area contributed by atoms with Gasteiger partial charge in [0.25, 0.3) is 0 Å². The maximum Gasteiger partial charge on any atom is 0.179 e. The Morgan fingerprint density at radius 3 is 1.58 bits per heavy atom. The van der Waals surface area contributed by atoms with Gasteiger partial charge in [-0.3, -0.25) is 0 Å². The highest BCUT2D eigenvalue weighted by Crippen LogP contribution is 2.47. The van der Waals surface area contributed by atoms with Crippen molar-refractivity contribution in [2.45, 2.75) is 0 Å². The van der Waals surface area contributed by atoms with Crippen LogP contribution in [0.5, 0.6) is 0 Å². The van der Waals surface area contributed by atoms with E-state index in [0.29, 0.717) is 26.9 Å². The van der Waals surface area contributed by atoms with E-state index in [9.17, 15) is 17.8 Å². The highest BCUT2D eigenvalue weighted by molar-refractivity contribution is 7.26. The third-order valence-electron chi connectivity index (χ3n) is 11.6. The van der Waals surface area contributed by atoms with Crippen LogP contribution < -0.4 is 20.7 Å². The lowest BCUT2D eigenvalue weighted by molar-refractivity contribution is 1.18. The monoisotopic (exact) mass is 874 g/mol. The van der Waals surface area contributed by atoms with Crippen LogP contribution >= 0.6 is 11.3 Å². The minimum atomic E-state index is -4.38. The predicted molar refractivity (Wildman–Crippen MR) is 277 cm³/mol. The molecule has 0 aliphatic heterocycles. The second-order valence-electron chi connectivity index (χ2n) is 14.8. The fourth-order valence-electron chi connectivity index (χ4n) is 8.99. The average molecular weight is 875 g/mol. The van der Waals surface area contributed by atoms with Crippen LogP contribution in [0.1, 0.15) is 35.6 Å². The van der Waals surface area contributed by atoms with E-state index in [4.69, 9.17) is 17.8 Å². The summed E-state index contributed by atoms with van der Waals surface area (Å²) >= 11 is 0.644. The summed E-state index contributed by atoms with van der Waals surface area (Å²) in [6.45, 7) is 0. The van der Waals surface area contributed by atoms with Crippen LogP contribution in [0.2, 0.25) is 0 Å². The van der Waals surface area contributed by atoms with Gasteiger partial charge in [-0.2, -0.15) is 0 Å². The Morgan fingerprint density at radius 2 is 0.938 bits per heavy atom. The van der Waals surface area contributed by atoms with Gasteiger partial charge in [0.1, 0.15) is 0 Å². The van der Waals surface area contributed by atoms with Gasteiger partial charge >= 0.3 is 0 Å². The predicted octanol–water partition coefficient (Wildman–Crippen LogP) is 13.3. The number of thiophene rings is 1. The molecular weight excluding hydrogens is 809 g/mol. The molecule has 13 aromatic rings. The first-order chi connectivity index (χ1) is 42.6. The molecule has 0 fully saturated rings. The van der Waals surface area contributed by atoms with Gasteiger partial charge < -0.3 is 9.13 Å². The highest BCUT2D eigenvalue weighted by Gasteiger charge is 2.41. The van der Waals surface area contributed by atoms with E-state index in [1.807, 2.05) is 0 Å². The number of para-hydroxylation sites is 3. The SMILES string of the molecule is [2H]c1c([2H])c([2H])c(-c2cccc([Si](c3ccccc3)(c3ccccc3)c3c([2H])c([2H])c(-n4c5c([2H])c([2H])c([2H])c([2H])c5c5c([2H])c(-n6c7c([2H])c([2H])c([2H])c([2H])c7c7c([2H])c([2H])c([2H])c([2H])c76)c6sc7c([2H])c([2H])c([2H])c([2H])c7c6c54)c([2H])c3[2H])c2)c([2H])c1[2H]. The number of rotatable bonds is 7. The van der Waals surface area contributed by atoms with Gasteiger partial charge in [0.05, 0.1) is 68.1 Å². The van der Waals surface area contributed by atoms with E-state index < -0.39 is 220 Å². The van der Waals surface area contributed by atoms with E-state index in [2.05, 4.69) is 0 Å². The first-order valence-corrected chi connectivity index (χ1v) is 22.7. The topological polar surface area (TPSA) is 9.86 Å². The molecule has 0 aliphatic carbocycles. The number of hydrogen-bond donors (Lipinski definition) is 0. The van der Waals surface area contributed by atoms with Crippen molar-refractivity contribution in [2.24, 2.45) is 0 Å². The molecule has 4 heteroatoms. The van der Waals surface area contributed by atoms with Crippen LogP contribution in [0.25, 0.3) is 86.3 Å². The Kier molecular flexibility index (Phi) is 4.43. The molecular formula is C60H40N2SSi. The van der Waals surface area contributed by atoms with Gasteiger partial charge in [0, 0.05) is 42.7 Å². The zero-order chi connectivity index (χ0) is 64.8. The third kappa shape index (κ3) is 5.43. The van der Waals surface area contributed by atoms with E-state index in [0.717, 1.165) is 9.13 Å². The molecule has 0 amide bonds.